The molecule has 0 aliphatic carbocycles. The van der Waals surface area contributed by atoms with E-state index in [4.69, 9.17) is 5.84 Å². The van der Waals surface area contributed by atoms with E-state index in [-0.39, 0.29) is 6.04 Å². The summed E-state index contributed by atoms with van der Waals surface area (Å²) in [5.74, 6) is 5.58. The third-order valence-corrected chi connectivity index (χ3v) is 2.56. The molecule has 16 heavy (non-hydrogen) atoms. The molecule has 0 saturated carbocycles. The zero-order valence-corrected chi connectivity index (χ0v) is 9.22. The number of aromatic nitrogens is 1. The number of hydrogen-bond acceptors (Lipinski definition) is 3. The molecule has 82 valence electrons. The van der Waals surface area contributed by atoms with Crippen molar-refractivity contribution >= 4 is 0 Å². The van der Waals surface area contributed by atoms with Gasteiger partial charge in [-0.2, -0.15) is 0 Å². The first kappa shape index (κ1) is 10.8. The number of hydrogen-bond donors (Lipinski definition) is 2. The molecule has 1 heterocycles. The molecular weight excluding hydrogens is 198 g/mol. The van der Waals surface area contributed by atoms with E-state index in [0.717, 1.165) is 11.3 Å². The number of nitrogens with one attached hydrogen (secondary N) is 1. The fourth-order valence-corrected chi connectivity index (χ4v) is 1.66. The van der Waals surface area contributed by atoms with Crippen molar-refractivity contribution < 1.29 is 0 Å². The lowest BCUT2D eigenvalue weighted by molar-refractivity contribution is 0.620. The molecule has 0 saturated heterocycles. The summed E-state index contributed by atoms with van der Waals surface area (Å²) in [5, 5.41) is 0. The Labute approximate surface area is 95.3 Å². The Kier molecular flexibility index (Phi) is 3.29. The van der Waals surface area contributed by atoms with Crippen molar-refractivity contribution in [3.63, 3.8) is 0 Å². The minimum atomic E-state index is -0.0539. The summed E-state index contributed by atoms with van der Waals surface area (Å²) in [6.45, 7) is 2.06. The summed E-state index contributed by atoms with van der Waals surface area (Å²) in [6, 6.07) is 14.0. The molecule has 2 aromatic rings. The molecule has 0 bridgehead atoms. The van der Waals surface area contributed by atoms with Crippen molar-refractivity contribution in [1.82, 2.24) is 10.4 Å². The predicted octanol–water partition coefficient (Wildman–Crippen LogP) is 1.94. The van der Waals surface area contributed by atoms with Crippen LogP contribution in [-0.4, -0.2) is 4.98 Å². The molecule has 0 radical (unpaired) electrons. The fourth-order valence-electron chi connectivity index (χ4n) is 1.66. The van der Waals surface area contributed by atoms with Crippen LogP contribution in [0.15, 0.2) is 48.7 Å². The van der Waals surface area contributed by atoms with E-state index in [2.05, 4.69) is 41.6 Å². The smallest absolute Gasteiger partial charge is 0.0881 e. The average molecular weight is 213 g/mol. The van der Waals surface area contributed by atoms with Gasteiger partial charge in [0.25, 0.3) is 0 Å². The maximum Gasteiger partial charge on any atom is 0.0881 e. The first-order valence-electron chi connectivity index (χ1n) is 5.25. The highest BCUT2D eigenvalue weighted by Gasteiger charge is 2.12. The van der Waals surface area contributed by atoms with Crippen LogP contribution in [0.4, 0.5) is 0 Å². The molecule has 3 nitrogen and oxygen atoms in total. The van der Waals surface area contributed by atoms with Crippen LogP contribution in [0.1, 0.15) is 22.9 Å². The van der Waals surface area contributed by atoms with Gasteiger partial charge in [-0.3, -0.25) is 10.8 Å². The molecule has 3 N–H and O–H groups in total. The lowest BCUT2D eigenvalue weighted by Crippen LogP contribution is -2.29. The standard InChI is InChI=1S/C13H15N3/c1-10-5-7-11(8-6-10)13(16-14)12-4-2-3-9-15-12/h2-9,13,16H,14H2,1H3. The van der Waals surface area contributed by atoms with E-state index in [1.54, 1.807) is 6.20 Å². The van der Waals surface area contributed by atoms with Crippen molar-refractivity contribution in [1.29, 1.82) is 0 Å². The van der Waals surface area contributed by atoms with E-state index in [1.807, 2.05) is 18.2 Å². The molecular formula is C13H15N3. The first-order chi connectivity index (χ1) is 7.81. The molecule has 0 aliphatic heterocycles. The van der Waals surface area contributed by atoms with E-state index < -0.39 is 0 Å². The van der Waals surface area contributed by atoms with Crippen molar-refractivity contribution in [3.05, 3.63) is 65.5 Å². The van der Waals surface area contributed by atoms with E-state index >= 15 is 0 Å². The van der Waals surface area contributed by atoms with Gasteiger partial charge in [-0.15, -0.1) is 0 Å². The second kappa shape index (κ2) is 4.88. The highest BCUT2D eigenvalue weighted by Crippen LogP contribution is 2.19. The van der Waals surface area contributed by atoms with Crippen LogP contribution in [0.3, 0.4) is 0 Å². The Morgan fingerprint density at radius 1 is 1.12 bits per heavy atom. The molecule has 1 atom stereocenters. The molecule has 0 aliphatic rings. The van der Waals surface area contributed by atoms with Crippen LogP contribution in [-0.2, 0) is 0 Å². The zero-order chi connectivity index (χ0) is 11.4. The van der Waals surface area contributed by atoms with Crippen LogP contribution in [0.5, 0.6) is 0 Å². The number of benzene rings is 1. The normalized spacial score (nSPS) is 12.4. The minimum Gasteiger partial charge on any atom is -0.271 e. The lowest BCUT2D eigenvalue weighted by atomic mass is 10.0. The van der Waals surface area contributed by atoms with E-state index in [9.17, 15) is 0 Å². The topological polar surface area (TPSA) is 50.9 Å². The van der Waals surface area contributed by atoms with Crippen LogP contribution in [0.2, 0.25) is 0 Å². The van der Waals surface area contributed by atoms with Crippen LogP contribution in [0.25, 0.3) is 0 Å². The van der Waals surface area contributed by atoms with Gasteiger partial charge in [0.2, 0.25) is 0 Å². The molecule has 1 aromatic carbocycles. The number of hydrazine groups is 1. The van der Waals surface area contributed by atoms with Crippen LogP contribution in [0, 0.1) is 6.92 Å². The molecule has 2 rings (SSSR count). The summed E-state index contributed by atoms with van der Waals surface area (Å²) in [4.78, 5) is 4.31. The number of nitrogens with two attached hydrogens (primary N) is 1. The third-order valence-electron chi connectivity index (χ3n) is 2.56. The predicted molar refractivity (Wildman–Crippen MR) is 64.6 cm³/mol. The van der Waals surface area contributed by atoms with Crippen LogP contribution >= 0.6 is 0 Å². The maximum absolute atomic E-state index is 5.58. The van der Waals surface area contributed by atoms with Gasteiger partial charge in [0, 0.05) is 6.20 Å². The lowest BCUT2D eigenvalue weighted by Gasteiger charge is -2.15. The quantitative estimate of drug-likeness (QED) is 0.605. The number of aryl methyl sites for hydroxylation is 1. The molecule has 0 spiro atoms. The largest absolute Gasteiger partial charge is 0.271 e. The third kappa shape index (κ3) is 2.27. The Hall–Kier alpha value is -1.71. The van der Waals surface area contributed by atoms with Crippen molar-refractivity contribution in [2.24, 2.45) is 5.84 Å². The van der Waals surface area contributed by atoms with Gasteiger partial charge in [0.1, 0.15) is 0 Å². The SMILES string of the molecule is Cc1ccc(C(NN)c2ccccn2)cc1. The Bertz CT molecular complexity index is 436. The molecule has 0 fully saturated rings. The van der Waals surface area contributed by atoms with Gasteiger partial charge in [-0.05, 0) is 24.6 Å². The van der Waals surface area contributed by atoms with Crippen molar-refractivity contribution in [3.8, 4) is 0 Å². The Balaban J connectivity index is 2.33. The number of nitrogens with zero attached hydrogens (tertiary/aromatic N) is 1. The monoisotopic (exact) mass is 213 g/mol. The van der Waals surface area contributed by atoms with E-state index in [1.165, 1.54) is 5.56 Å². The van der Waals surface area contributed by atoms with Crippen molar-refractivity contribution in [2.75, 3.05) is 0 Å². The molecule has 1 aromatic heterocycles. The second-order valence-corrected chi connectivity index (χ2v) is 3.76. The Morgan fingerprint density at radius 2 is 1.88 bits per heavy atom. The van der Waals surface area contributed by atoms with Gasteiger partial charge < -0.3 is 0 Å². The van der Waals surface area contributed by atoms with Gasteiger partial charge in [0.05, 0.1) is 11.7 Å². The fraction of sp³-hybridized carbons (Fsp3) is 0.154. The summed E-state index contributed by atoms with van der Waals surface area (Å²) in [7, 11) is 0. The second-order valence-electron chi connectivity index (χ2n) is 3.76. The van der Waals surface area contributed by atoms with E-state index in [0.29, 0.717) is 0 Å². The highest BCUT2D eigenvalue weighted by molar-refractivity contribution is 5.29. The number of pyridine rings is 1. The van der Waals surface area contributed by atoms with Crippen LogP contribution < -0.4 is 11.3 Å². The molecule has 0 amide bonds. The Morgan fingerprint density at radius 3 is 2.44 bits per heavy atom. The summed E-state index contributed by atoms with van der Waals surface area (Å²) >= 11 is 0. The maximum atomic E-state index is 5.58. The zero-order valence-electron chi connectivity index (χ0n) is 9.22. The summed E-state index contributed by atoms with van der Waals surface area (Å²) in [6.07, 6.45) is 1.77. The first-order valence-corrected chi connectivity index (χ1v) is 5.25. The minimum absolute atomic E-state index is 0.0539. The average Bonchev–Trinajstić information content (AvgIpc) is 2.34. The summed E-state index contributed by atoms with van der Waals surface area (Å²) < 4.78 is 0. The molecule has 3 heteroatoms. The highest BCUT2D eigenvalue weighted by atomic mass is 15.2. The van der Waals surface area contributed by atoms with Gasteiger partial charge in [-0.1, -0.05) is 35.9 Å². The number of rotatable bonds is 3. The van der Waals surface area contributed by atoms with Gasteiger partial charge >= 0.3 is 0 Å². The van der Waals surface area contributed by atoms with Gasteiger partial charge in [0.15, 0.2) is 0 Å². The summed E-state index contributed by atoms with van der Waals surface area (Å²) in [5.41, 5.74) is 6.07. The van der Waals surface area contributed by atoms with Gasteiger partial charge in [-0.25, -0.2) is 5.43 Å². The van der Waals surface area contributed by atoms with Crippen molar-refractivity contribution in [2.45, 2.75) is 13.0 Å². The molecule has 1 unspecified atom stereocenters.